The number of rotatable bonds is 3. The summed E-state index contributed by atoms with van der Waals surface area (Å²) in [6.07, 6.45) is 1.01. The molecule has 1 aliphatic heterocycles. The van der Waals surface area contributed by atoms with Crippen LogP contribution in [0, 0.1) is 0 Å². The molecule has 106 valence electrons. The maximum Gasteiger partial charge on any atom is 0.142 e. The van der Waals surface area contributed by atoms with Gasteiger partial charge < -0.3 is 10.1 Å². The Labute approximate surface area is 119 Å². The lowest BCUT2D eigenvalue weighted by Gasteiger charge is -2.19. The zero-order valence-corrected chi connectivity index (χ0v) is 12.3. The fourth-order valence-electron chi connectivity index (χ4n) is 2.80. The van der Waals surface area contributed by atoms with Crippen LogP contribution >= 0.6 is 0 Å². The molecule has 0 bridgehead atoms. The van der Waals surface area contributed by atoms with E-state index in [0.717, 1.165) is 36.8 Å². The highest BCUT2D eigenvalue weighted by Gasteiger charge is 2.23. The van der Waals surface area contributed by atoms with Crippen LogP contribution in [-0.2, 0) is 13.0 Å². The van der Waals surface area contributed by atoms with Gasteiger partial charge in [0, 0.05) is 31.1 Å². The Bertz CT molecular complexity index is 616. The molecule has 0 atom stereocenters. The number of fused-ring (bicyclic) bond motifs is 1. The molecule has 0 fully saturated rings. The molecular formula is C16H21N3O. The number of aromatic nitrogens is 2. The molecule has 4 nitrogen and oxygen atoms in total. The highest BCUT2D eigenvalue weighted by Crippen LogP contribution is 2.30. The molecule has 20 heavy (non-hydrogen) atoms. The van der Waals surface area contributed by atoms with Gasteiger partial charge in [-0.3, -0.25) is 4.57 Å². The Morgan fingerprint density at radius 1 is 1.30 bits per heavy atom. The van der Waals surface area contributed by atoms with Crippen molar-refractivity contribution in [2.45, 2.75) is 32.7 Å². The third-order valence-electron chi connectivity index (χ3n) is 3.76. The summed E-state index contributed by atoms with van der Waals surface area (Å²) in [6, 6.07) is 8.17. The number of nitrogens with one attached hydrogen (secondary N) is 1. The molecule has 1 aliphatic rings. The van der Waals surface area contributed by atoms with Crippen LogP contribution in [0.4, 0.5) is 0 Å². The largest absolute Gasteiger partial charge is 0.495 e. The van der Waals surface area contributed by atoms with Gasteiger partial charge in [0.05, 0.1) is 18.5 Å². The van der Waals surface area contributed by atoms with Gasteiger partial charge in [0.1, 0.15) is 11.6 Å². The number of benzene rings is 1. The molecule has 0 amide bonds. The quantitative estimate of drug-likeness (QED) is 0.933. The molecule has 1 aromatic carbocycles. The van der Waals surface area contributed by atoms with Gasteiger partial charge in [0.25, 0.3) is 0 Å². The Hall–Kier alpha value is -1.81. The monoisotopic (exact) mass is 271 g/mol. The standard InChI is InChI=1S/C16H21N3O/c1-11(2)16-18-12-10-17-9-8-13(12)19(16)14-6-4-5-7-15(14)20-3/h4-7,11,17H,8-10H2,1-3H3. The lowest BCUT2D eigenvalue weighted by molar-refractivity contribution is 0.412. The minimum absolute atomic E-state index is 0.380. The molecule has 4 heteroatoms. The van der Waals surface area contributed by atoms with E-state index >= 15 is 0 Å². The van der Waals surface area contributed by atoms with Gasteiger partial charge in [0.2, 0.25) is 0 Å². The van der Waals surface area contributed by atoms with Crippen LogP contribution in [0.2, 0.25) is 0 Å². The fourth-order valence-corrected chi connectivity index (χ4v) is 2.80. The molecule has 0 unspecified atom stereocenters. The second-order valence-electron chi connectivity index (χ2n) is 5.45. The van der Waals surface area contributed by atoms with Crippen LogP contribution in [-0.4, -0.2) is 23.2 Å². The normalized spacial score (nSPS) is 14.4. The Morgan fingerprint density at radius 3 is 2.85 bits per heavy atom. The molecule has 0 radical (unpaired) electrons. The third-order valence-corrected chi connectivity index (χ3v) is 3.76. The van der Waals surface area contributed by atoms with Crippen molar-refractivity contribution in [3.63, 3.8) is 0 Å². The molecule has 0 spiro atoms. The highest BCUT2D eigenvalue weighted by molar-refractivity contribution is 5.50. The van der Waals surface area contributed by atoms with Gasteiger partial charge in [-0.2, -0.15) is 0 Å². The van der Waals surface area contributed by atoms with E-state index in [1.54, 1.807) is 7.11 Å². The zero-order chi connectivity index (χ0) is 14.1. The van der Waals surface area contributed by atoms with E-state index in [-0.39, 0.29) is 0 Å². The van der Waals surface area contributed by atoms with E-state index in [9.17, 15) is 0 Å². The Kier molecular flexibility index (Phi) is 3.49. The van der Waals surface area contributed by atoms with Crippen molar-refractivity contribution in [3.8, 4) is 11.4 Å². The molecule has 3 rings (SSSR count). The van der Waals surface area contributed by atoms with Gasteiger partial charge in [-0.25, -0.2) is 4.98 Å². The second kappa shape index (κ2) is 5.29. The summed E-state index contributed by atoms with van der Waals surface area (Å²) in [5.74, 6) is 2.39. The lowest BCUT2D eigenvalue weighted by Crippen LogP contribution is -2.24. The van der Waals surface area contributed by atoms with Crippen molar-refractivity contribution < 1.29 is 4.74 Å². The summed E-state index contributed by atoms with van der Waals surface area (Å²) in [4.78, 5) is 4.85. The van der Waals surface area contributed by atoms with Crippen molar-refractivity contribution in [3.05, 3.63) is 41.5 Å². The van der Waals surface area contributed by atoms with Crippen LogP contribution in [0.5, 0.6) is 5.75 Å². The van der Waals surface area contributed by atoms with E-state index in [4.69, 9.17) is 9.72 Å². The van der Waals surface area contributed by atoms with Gasteiger partial charge in [-0.15, -0.1) is 0 Å². The van der Waals surface area contributed by atoms with Crippen molar-refractivity contribution in [2.24, 2.45) is 0 Å². The fraction of sp³-hybridized carbons (Fsp3) is 0.438. The Morgan fingerprint density at radius 2 is 2.10 bits per heavy atom. The molecule has 0 saturated carbocycles. The van der Waals surface area contributed by atoms with E-state index in [1.165, 1.54) is 11.4 Å². The van der Waals surface area contributed by atoms with E-state index in [2.05, 4.69) is 35.9 Å². The summed E-state index contributed by atoms with van der Waals surface area (Å²) in [7, 11) is 1.72. The topological polar surface area (TPSA) is 39.1 Å². The molecular weight excluding hydrogens is 250 g/mol. The van der Waals surface area contributed by atoms with Crippen molar-refractivity contribution in [2.75, 3.05) is 13.7 Å². The number of hydrogen-bond donors (Lipinski definition) is 1. The summed E-state index contributed by atoms with van der Waals surface area (Å²) in [5, 5.41) is 3.39. The minimum Gasteiger partial charge on any atom is -0.495 e. The number of hydrogen-bond acceptors (Lipinski definition) is 3. The molecule has 2 heterocycles. The zero-order valence-electron chi connectivity index (χ0n) is 12.3. The number of ether oxygens (including phenoxy) is 1. The predicted octanol–water partition coefficient (Wildman–Crippen LogP) is 2.65. The van der Waals surface area contributed by atoms with Crippen LogP contribution in [0.15, 0.2) is 24.3 Å². The van der Waals surface area contributed by atoms with Crippen molar-refractivity contribution in [1.29, 1.82) is 0 Å². The first-order valence-electron chi connectivity index (χ1n) is 7.17. The van der Waals surface area contributed by atoms with Crippen LogP contribution in [0.3, 0.4) is 0 Å². The smallest absolute Gasteiger partial charge is 0.142 e. The van der Waals surface area contributed by atoms with Gasteiger partial charge >= 0.3 is 0 Å². The van der Waals surface area contributed by atoms with Gasteiger partial charge in [0.15, 0.2) is 0 Å². The van der Waals surface area contributed by atoms with Crippen LogP contribution < -0.4 is 10.1 Å². The average Bonchev–Trinajstić information content (AvgIpc) is 2.86. The summed E-state index contributed by atoms with van der Waals surface area (Å²) >= 11 is 0. The van der Waals surface area contributed by atoms with Crippen molar-refractivity contribution >= 4 is 0 Å². The molecule has 1 N–H and O–H groups in total. The van der Waals surface area contributed by atoms with Crippen LogP contribution in [0.1, 0.15) is 37.0 Å². The molecule has 0 aliphatic carbocycles. The number of imidazole rings is 1. The first kappa shape index (κ1) is 13.2. The molecule has 0 saturated heterocycles. The van der Waals surface area contributed by atoms with Crippen molar-refractivity contribution in [1.82, 2.24) is 14.9 Å². The molecule has 2 aromatic rings. The molecule has 1 aromatic heterocycles. The lowest BCUT2D eigenvalue weighted by atomic mass is 10.1. The van der Waals surface area contributed by atoms with Gasteiger partial charge in [-0.1, -0.05) is 26.0 Å². The number of methoxy groups -OCH3 is 1. The van der Waals surface area contributed by atoms with E-state index in [0.29, 0.717) is 5.92 Å². The maximum atomic E-state index is 5.53. The summed E-state index contributed by atoms with van der Waals surface area (Å²) in [5.41, 5.74) is 3.58. The maximum absolute atomic E-state index is 5.53. The number of nitrogens with zero attached hydrogens (tertiary/aromatic N) is 2. The van der Waals surface area contributed by atoms with Gasteiger partial charge in [-0.05, 0) is 12.1 Å². The SMILES string of the molecule is COc1ccccc1-n1c(C(C)C)nc2c1CCNC2. The second-order valence-corrected chi connectivity index (χ2v) is 5.45. The van der Waals surface area contributed by atoms with Crippen LogP contribution in [0.25, 0.3) is 5.69 Å². The third kappa shape index (κ3) is 2.10. The Balaban J connectivity index is 2.23. The van der Waals surface area contributed by atoms with E-state index in [1.807, 2.05) is 12.1 Å². The summed E-state index contributed by atoms with van der Waals surface area (Å²) < 4.78 is 7.82. The number of para-hydroxylation sites is 2. The summed E-state index contributed by atoms with van der Waals surface area (Å²) in [6.45, 7) is 6.24. The first-order chi connectivity index (χ1) is 9.72. The van der Waals surface area contributed by atoms with E-state index < -0.39 is 0 Å². The minimum atomic E-state index is 0.380. The average molecular weight is 271 g/mol. The predicted molar refractivity (Wildman–Crippen MR) is 79.6 cm³/mol. The highest BCUT2D eigenvalue weighted by atomic mass is 16.5. The first-order valence-corrected chi connectivity index (χ1v) is 7.17.